The lowest BCUT2D eigenvalue weighted by Gasteiger charge is -2.27. The Morgan fingerprint density at radius 1 is 1.10 bits per heavy atom. The summed E-state index contributed by atoms with van der Waals surface area (Å²) in [7, 11) is 0. The lowest BCUT2D eigenvalue weighted by atomic mass is 10.0. The molecule has 1 aromatic carbocycles. The number of halogens is 2. The standard InChI is InChI=1S/C13H8F2N2O4/c14-6-2-1-5-9(10(6)15)13(21)17(12(5)20)7-3-4-8(18)16-11(7)19/h1-2,7H,3-4H2,(H,16,18,19). The van der Waals surface area contributed by atoms with Gasteiger partial charge in [-0.05, 0) is 18.6 Å². The predicted octanol–water partition coefficient (Wildman–Crippen LogP) is 0.366. The average molecular weight is 294 g/mol. The van der Waals surface area contributed by atoms with Gasteiger partial charge in [-0.15, -0.1) is 0 Å². The number of benzene rings is 1. The van der Waals surface area contributed by atoms with Gasteiger partial charge in [-0.3, -0.25) is 29.4 Å². The number of carbonyl (C=O) groups excluding carboxylic acids is 4. The average Bonchev–Trinajstić information content (AvgIpc) is 2.67. The molecule has 0 bridgehead atoms. The summed E-state index contributed by atoms with van der Waals surface area (Å²) in [6.07, 6.45) is -0.0824. The number of hydrogen-bond donors (Lipinski definition) is 1. The molecule has 21 heavy (non-hydrogen) atoms. The van der Waals surface area contributed by atoms with E-state index in [1.807, 2.05) is 5.32 Å². The number of nitrogens with zero attached hydrogens (tertiary/aromatic N) is 1. The molecule has 6 nitrogen and oxygen atoms in total. The first-order chi connectivity index (χ1) is 9.91. The molecule has 3 rings (SSSR count). The van der Waals surface area contributed by atoms with E-state index >= 15 is 0 Å². The van der Waals surface area contributed by atoms with Gasteiger partial charge in [-0.2, -0.15) is 0 Å². The molecule has 0 aromatic heterocycles. The van der Waals surface area contributed by atoms with Gasteiger partial charge in [0.2, 0.25) is 11.8 Å². The van der Waals surface area contributed by atoms with Crippen molar-refractivity contribution in [3.8, 4) is 0 Å². The van der Waals surface area contributed by atoms with Gasteiger partial charge in [0.25, 0.3) is 11.8 Å². The monoisotopic (exact) mass is 294 g/mol. The van der Waals surface area contributed by atoms with Crippen molar-refractivity contribution in [2.24, 2.45) is 0 Å². The maximum Gasteiger partial charge on any atom is 0.265 e. The van der Waals surface area contributed by atoms with Crippen LogP contribution in [-0.4, -0.2) is 34.6 Å². The zero-order valence-electron chi connectivity index (χ0n) is 10.5. The molecule has 1 unspecified atom stereocenters. The first-order valence-corrected chi connectivity index (χ1v) is 6.11. The van der Waals surface area contributed by atoms with E-state index in [1.54, 1.807) is 0 Å². The van der Waals surface area contributed by atoms with Gasteiger partial charge in [0, 0.05) is 6.42 Å². The largest absolute Gasteiger partial charge is 0.295 e. The molecule has 0 spiro atoms. The highest BCUT2D eigenvalue weighted by molar-refractivity contribution is 6.23. The van der Waals surface area contributed by atoms with Crippen molar-refractivity contribution in [1.82, 2.24) is 10.2 Å². The normalized spacial score (nSPS) is 21.6. The van der Waals surface area contributed by atoms with Crippen molar-refractivity contribution in [3.05, 3.63) is 34.9 Å². The Hall–Kier alpha value is -2.64. The molecule has 1 N–H and O–H groups in total. The van der Waals surface area contributed by atoms with Crippen LogP contribution in [0, 0.1) is 11.6 Å². The minimum atomic E-state index is -1.42. The van der Waals surface area contributed by atoms with Gasteiger partial charge in [-0.1, -0.05) is 0 Å². The van der Waals surface area contributed by atoms with E-state index in [9.17, 15) is 28.0 Å². The Bertz CT molecular complexity index is 716. The number of fused-ring (bicyclic) bond motifs is 1. The minimum absolute atomic E-state index is 0.0410. The Morgan fingerprint density at radius 3 is 2.48 bits per heavy atom. The lowest BCUT2D eigenvalue weighted by Crippen LogP contribution is -2.54. The van der Waals surface area contributed by atoms with Crippen LogP contribution in [0.5, 0.6) is 0 Å². The zero-order chi connectivity index (χ0) is 15.3. The summed E-state index contributed by atoms with van der Waals surface area (Å²) in [5.74, 6) is -5.92. The summed E-state index contributed by atoms with van der Waals surface area (Å²) in [4.78, 5) is 47.7. The number of nitrogens with one attached hydrogen (secondary N) is 1. The van der Waals surface area contributed by atoms with Gasteiger partial charge in [0.15, 0.2) is 11.6 Å². The third kappa shape index (κ3) is 1.83. The highest BCUT2D eigenvalue weighted by Gasteiger charge is 2.46. The van der Waals surface area contributed by atoms with E-state index in [-0.39, 0.29) is 18.4 Å². The summed E-state index contributed by atoms with van der Waals surface area (Å²) in [6.45, 7) is 0. The van der Waals surface area contributed by atoms with Crippen LogP contribution in [0.1, 0.15) is 33.6 Å². The maximum absolute atomic E-state index is 13.7. The summed E-state index contributed by atoms with van der Waals surface area (Å²) in [5, 5.41) is 2.01. The smallest absolute Gasteiger partial charge is 0.265 e. The second-order valence-electron chi connectivity index (χ2n) is 4.73. The Morgan fingerprint density at radius 2 is 1.81 bits per heavy atom. The lowest BCUT2D eigenvalue weighted by molar-refractivity contribution is -0.136. The van der Waals surface area contributed by atoms with E-state index in [4.69, 9.17) is 0 Å². The Labute approximate surface area is 116 Å². The van der Waals surface area contributed by atoms with Gasteiger partial charge in [-0.25, -0.2) is 8.78 Å². The second kappa shape index (κ2) is 4.44. The van der Waals surface area contributed by atoms with E-state index in [0.717, 1.165) is 12.1 Å². The Balaban J connectivity index is 2.02. The molecule has 0 aliphatic carbocycles. The fourth-order valence-corrected chi connectivity index (χ4v) is 2.49. The number of imide groups is 2. The van der Waals surface area contributed by atoms with Crippen LogP contribution in [0.4, 0.5) is 8.78 Å². The second-order valence-corrected chi connectivity index (χ2v) is 4.73. The molecule has 4 amide bonds. The molecule has 108 valence electrons. The van der Waals surface area contributed by atoms with Crippen molar-refractivity contribution < 1.29 is 28.0 Å². The van der Waals surface area contributed by atoms with Gasteiger partial charge in [0.05, 0.1) is 11.1 Å². The first kappa shape index (κ1) is 13.3. The third-order valence-corrected chi connectivity index (χ3v) is 3.50. The molecule has 1 saturated heterocycles. The van der Waals surface area contributed by atoms with Crippen LogP contribution < -0.4 is 5.32 Å². The van der Waals surface area contributed by atoms with E-state index < -0.39 is 46.9 Å². The number of hydrogen-bond acceptors (Lipinski definition) is 4. The van der Waals surface area contributed by atoms with E-state index in [0.29, 0.717) is 4.90 Å². The number of amides is 4. The summed E-state index contributed by atoms with van der Waals surface area (Å²) < 4.78 is 26.9. The third-order valence-electron chi connectivity index (χ3n) is 3.50. The number of rotatable bonds is 1. The molecule has 0 saturated carbocycles. The van der Waals surface area contributed by atoms with Gasteiger partial charge in [0.1, 0.15) is 6.04 Å². The highest BCUT2D eigenvalue weighted by Crippen LogP contribution is 2.30. The summed E-state index contributed by atoms with van der Waals surface area (Å²) in [6, 6.07) is 0.547. The quantitative estimate of drug-likeness (QED) is 0.758. The van der Waals surface area contributed by atoms with Crippen molar-refractivity contribution in [3.63, 3.8) is 0 Å². The molecular weight excluding hydrogens is 286 g/mol. The van der Waals surface area contributed by atoms with Crippen LogP contribution in [0.25, 0.3) is 0 Å². The molecule has 2 aliphatic rings. The molecule has 8 heteroatoms. The fourth-order valence-electron chi connectivity index (χ4n) is 2.49. The maximum atomic E-state index is 13.7. The van der Waals surface area contributed by atoms with Crippen molar-refractivity contribution in [2.75, 3.05) is 0 Å². The van der Waals surface area contributed by atoms with Crippen LogP contribution in [0.3, 0.4) is 0 Å². The molecule has 2 aliphatic heterocycles. The summed E-state index contributed by atoms with van der Waals surface area (Å²) >= 11 is 0. The Kier molecular flexibility index (Phi) is 2.82. The van der Waals surface area contributed by atoms with Crippen LogP contribution >= 0.6 is 0 Å². The topological polar surface area (TPSA) is 83.6 Å². The van der Waals surface area contributed by atoms with Crippen LogP contribution in [0.15, 0.2) is 12.1 Å². The number of piperidine rings is 1. The van der Waals surface area contributed by atoms with Crippen molar-refractivity contribution >= 4 is 23.6 Å². The number of carbonyl (C=O) groups is 4. The van der Waals surface area contributed by atoms with Gasteiger partial charge >= 0.3 is 0 Å². The molecule has 1 atom stereocenters. The zero-order valence-corrected chi connectivity index (χ0v) is 10.5. The molecule has 0 radical (unpaired) electrons. The predicted molar refractivity (Wildman–Crippen MR) is 63.0 cm³/mol. The van der Waals surface area contributed by atoms with Crippen molar-refractivity contribution in [2.45, 2.75) is 18.9 Å². The molecule has 1 aromatic rings. The van der Waals surface area contributed by atoms with Crippen LogP contribution in [-0.2, 0) is 9.59 Å². The molecule has 2 heterocycles. The van der Waals surface area contributed by atoms with Gasteiger partial charge < -0.3 is 0 Å². The first-order valence-electron chi connectivity index (χ1n) is 6.11. The van der Waals surface area contributed by atoms with Crippen LogP contribution in [0.2, 0.25) is 0 Å². The van der Waals surface area contributed by atoms with E-state index in [2.05, 4.69) is 0 Å². The SMILES string of the molecule is O=C1CCC(N2C(=O)c3ccc(F)c(F)c3C2=O)C(=O)N1. The molecular formula is C13H8F2N2O4. The van der Waals surface area contributed by atoms with E-state index in [1.165, 1.54) is 0 Å². The molecule has 1 fully saturated rings. The summed E-state index contributed by atoms with van der Waals surface area (Å²) in [5.41, 5.74) is -0.965. The van der Waals surface area contributed by atoms with Crippen molar-refractivity contribution in [1.29, 1.82) is 0 Å². The minimum Gasteiger partial charge on any atom is -0.295 e. The fraction of sp³-hybridized carbons (Fsp3) is 0.231. The highest BCUT2D eigenvalue weighted by atomic mass is 19.2.